The van der Waals surface area contributed by atoms with Crippen LogP contribution in [-0.4, -0.2) is 57.6 Å². The molecule has 1 saturated heterocycles. The van der Waals surface area contributed by atoms with Crippen LogP contribution in [0.25, 0.3) is 16.8 Å². The van der Waals surface area contributed by atoms with Crippen molar-refractivity contribution in [2.75, 3.05) is 32.1 Å². The highest BCUT2D eigenvalue weighted by atomic mass is 16.6. The molecule has 0 N–H and O–H groups in total. The molecule has 1 atom stereocenters. The number of nitro benzene ring substituents is 1. The number of anilines is 1. The number of non-ortho nitro benzene ring substituents is 1. The first-order valence-corrected chi connectivity index (χ1v) is 11.0. The lowest BCUT2D eigenvalue weighted by molar-refractivity contribution is -0.384. The summed E-state index contributed by atoms with van der Waals surface area (Å²) in [4.78, 5) is 20.1. The number of fused-ring (bicyclic) bond motifs is 1. The molecule has 0 radical (unpaired) electrons. The van der Waals surface area contributed by atoms with Crippen LogP contribution >= 0.6 is 0 Å². The van der Waals surface area contributed by atoms with Gasteiger partial charge >= 0.3 is 0 Å². The number of nitrogens with zero attached hydrogens (tertiary/aromatic N) is 7. The van der Waals surface area contributed by atoms with Crippen molar-refractivity contribution >= 4 is 17.2 Å². The Kier molecular flexibility index (Phi) is 5.58. The van der Waals surface area contributed by atoms with E-state index >= 15 is 0 Å². The minimum atomic E-state index is -0.406. The second-order valence-corrected chi connectivity index (χ2v) is 9.89. The second kappa shape index (κ2) is 8.12. The van der Waals surface area contributed by atoms with E-state index in [0.29, 0.717) is 23.1 Å². The first kappa shape index (κ1) is 22.7. The number of rotatable bonds is 4. The average Bonchev–Trinajstić information content (AvgIpc) is 3.41. The molecule has 2 aromatic heterocycles. The van der Waals surface area contributed by atoms with Gasteiger partial charge in [0.05, 0.1) is 4.92 Å². The fraction of sp³-hybridized carbons (Fsp3) is 0.458. The first-order chi connectivity index (χ1) is 15.5. The normalized spacial score (nSPS) is 16.5. The van der Waals surface area contributed by atoms with E-state index in [1.165, 1.54) is 12.1 Å². The number of nitriles is 1. The predicted octanol–water partition coefficient (Wildman–Crippen LogP) is 3.92. The topological polar surface area (TPSA) is 104 Å². The standard InChI is InChI=1S/C24H29N7O2/c1-15-19(13-25)21-26-23(24(2,3)4)27-30(21)22(29-12-11-18(14-29)28(5)6)20(15)16-7-9-17(10-8-16)31(32)33/h7-10,18H,11-12,14H2,1-6H3/t18-/m0/s1. The molecule has 0 saturated carbocycles. The first-order valence-electron chi connectivity index (χ1n) is 11.0. The van der Waals surface area contributed by atoms with Crippen LogP contribution in [0, 0.1) is 28.4 Å². The molecule has 4 rings (SSSR count). The Morgan fingerprint density at radius 2 is 1.91 bits per heavy atom. The van der Waals surface area contributed by atoms with E-state index in [0.717, 1.165) is 42.0 Å². The molecule has 9 nitrogen and oxygen atoms in total. The minimum Gasteiger partial charge on any atom is -0.354 e. The zero-order valence-corrected chi connectivity index (χ0v) is 20.0. The van der Waals surface area contributed by atoms with Crippen molar-refractivity contribution < 1.29 is 4.92 Å². The third kappa shape index (κ3) is 3.91. The smallest absolute Gasteiger partial charge is 0.269 e. The van der Waals surface area contributed by atoms with Gasteiger partial charge in [0.15, 0.2) is 11.5 Å². The zero-order chi connectivity index (χ0) is 24.1. The van der Waals surface area contributed by atoms with Crippen LogP contribution in [0.1, 0.15) is 44.1 Å². The Bertz CT molecular complexity index is 1260. The fourth-order valence-corrected chi connectivity index (χ4v) is 4.38. The highest BCUT2D eigenvalue weighted by Gasteiger charge is 2.32. The molecule has 1 fully saturated rings. The Hall–Kier alpha value is -3.51. The molecule has 33 heavy (non-hydrogen) atoms. The van der Waals surface area contributed by atoms with Gasteiger partial charge in [0, 0.05) is 42.2 Å². The molecule has 0 unspecified atom stereocenters. The lowest BCUT2D eigenvalue weighted by Crippen LogP contribution is -2.32. The molecule has 0 amide bonds. The summed E-state index contributed by atoms with van der Waals surface area (Å²) in [5, 5.41) is 26.1. The van der Waals surface area contributed by atoms with Gasteiger partial charge in [-0.2, -0.15) is 9.78 Å². The van der Waals surface area contributed by atoms with Crippen LogP contribution < -0.4 is 4.90 Å². The molecule has 3 heterocycles. The van der Waals surface area contributed by atoms with E-state index < -0.39 is 4.92 Å². The van der Waals surface area contributed by atoms with Crippen molar-refractivity contribution in [1.29, 1.82) is 5.26 Å². The number of aromatic nitrogens is 3. The van der Waals surface area contributed by atoms with E-state index in [1.54, 1.807) is 16.6 Å². The third-order valence-electron chi connectivity index (χ3n) is 6.35. The molecule has 0 spiro atoms. The monoisotopic (exact) mass is 447 g/mol. The number of hydrogen-bond acceptors (Lipinski definition) is 7. The summed E-state index contributed by atoms with van der Waals surface area (Å²) in [6, 6.07) is 9.23. The van der Waals surface area contributed by atoms with Crippen LogP contribution in [0.5, 0.6) is 0 Å². The van der Waals surface area contributed by atoms with Crippen molar-refractivity contribution in [1.82, 2.24) is 19.5 Å². The molecule has 1 aliphatic rings. The maximum Gasteiger partial charge on any atom is 0.269 e. The number of benzene rings is 1. The van der Waals surface area contributed by atoms with Crippen LogP contribution in [0.2, 0.25) is 0 Å². The van der Waals surface area contributed by atoms with E-state index in [2.05, 4.69) is 50.7 Å². The van der Waals surface area contributed by atoms with Gasteiger partial charge < -0.3 is 9.80 Å². The molecule has 0 aliphatic carbocycles. The lowest BCUT2D eigenvalue weighted by atomic mass is 9.96. The number of likely N-dealkylation sites (N-methyl/N-ethyl adjacent to an activating group) is 1. The Morgan fingerprint density at radius 3 is 2.42 bits per heavy atom. The molecule has 1 aromatic carbocycles. The Labute approximate surface area is 193 Å². The van der Waals surface area contributed by atoms with Gasteiger partial charge in [0.1, 0.15) is 17.5 Å². The van der Waals surface area contributed by atoms with Gasteiger partial charge in [-0.3, -0.25) is 10.1 Å². The lowest BCUT2D eigenvalue weighted by Gasteiger charge is -2.26. The summed E-state index contributed by atoms with van der Waals surface area (Å²) in [5.41, 5.74) is 3.24. The quantitative estimate of drug-likeness (QED) is 0.441. The zero-order valence-electron chi connectivity index (χ0n) is 20.0. The maximum atomic E-state index is 11.2. The summed E-state index contributed by atoms with van der Waals surface area (Å²) in [6.07, 6.45) is 1.01. The van der Waals surface area contributed by atoms with E-state index in [4.69, 9.17) is 10.1 Å². The highest BCUT2D eigenvalue weighted by Crippen LogP contribution is 2.39. The fourth-order valence-electron chi connectivity index (χ4n) is 4.38. The van der Waals surface area contributed by atoms with Crippen LogP contribution in [-0.2, 0) is 5.41 Å². The van der Waals surface area contributed by atoms with Gasteiger partial charge in [-0.15, -0.1) is 5.10 Å². The van der Waals surface area contributed by atoms with E-state index in [9.17, 15) is 15.4 Å². The summed E-state index contributed by atoms with van der Waals surface area (Å²) in [6.45, 7) is 9.73. The predicted molar refractivity (Wildman–Crippen MR) is 128 cm³/mol. The highest BCUT2D eigenvalue weighted by molar-refractivity contribution is 5.85. The van der Waals surface area contributed by atoms with Gasteiger partial charge in [0.2, 0.25) is 0 Å². The van der Waals surface area contributed by atoms with Crippen LogP contribution in [0.3, 0.4) is 0 Å². The van der Waals surface area contributed by atoms with Crippen molar-refractivity contribution in [3.63, 3.8) is 0 Å². The molecular weight excluding hydrogens is 418 g/mol. The summed E-state index contributed by atoms with van der Waals surface area (Å²) in [7, 11) is 4.16. The maximum absolute atomic E-state index is 11.2. The summed E-state index contributed by atoms with van der Waals surface area (Å²) in [5.74, 6) is 1.55. The van der Waals surface area contributed by atoms with Gasteiger partial charge in [-0.05, 0) is 50.7 Å². The van der Waals surface area contributed by atoms with E-state index in [1.807, 2.05) is 6.92 Å². The molecule has 9 heteroatoms. The number of nitro groups is 1. The van der Waals surface area contributed by atoms with Gasteiger partial charge in [0.25, 0.3) is 5.69 Å². The van der Waals surface area contributed by atoms with Crippen LogP contribution in [0.15, 0.2) is 24.3 Å². The average molecular weight is 448 g/mol. The number of hydrogen-bond donors (Lipinski definition) is 0. The summed E-state index contributed by atoms with van der Waals surface area (Å²) >= 11 is 0. The molecule has 172 valence electrons. The second-order valence-electron chi connectivity index (χ2n) is 9.89. The van der Waals surface area contributed by atoms with Crippen molar-refractivity contribution in [3.8, 4) is 17.2 Å². The SMILES string of the molecule is Cc1c(-c2ccc([N+](=O)[O-])cc2)c(N2CC[C@H](N(C)C)C2)n2nc(C(C)(C)C)nc2c1C#N. The molecule has 0 bridgehead atoms. The van der Waals surface area contributed by atoms with Crippen LogP contribution in [0.4, 0.5) is 11.5 Å². The molecule has 3 aromatic rings. The third-order valence-corrected chi connectivity index (χ3v) is 6.35. The number of pyridine rings is 1. The Morgan fingerprint density at radius 1 is 1.24 bits per heavy atom. The largest absolute Gasteiger partial charge is 0.354 e. The Balaban J connectivity index is 2.03. The molecular formula is C24H29N7O2. The van der Waals surface area contributed by atoms with E-state index in [-0.39, 0.29) is 11.1 Å². The van der Waals surface area contributed by atoms with Crippen molar-refractivity contribution in [2.24, 2.45) is 0 Å². The summed E-state index contributed by atoms with van der Waals surface area (Å²) < 4.78 is 1.81. The van der Waals surface area contributed by atoms with Gasteiger partial charge in [-0.25, -0.2) is 4.98 Å². The minimum absolute atomic E-state index is 0.0316. The van der Waals surface area contributed by atoms with Crippen molar-refractivity contribution in [3.05, 3.63) is 51.3 Å². The molecule has 1 aliphatic heterocycles. The van der Waals surface area contributed by atoms with Gasteiger partial charge in [-0.1, -0.05) is 20.8 Å². The van der Waals surface area contributed by atoms with Crippen molar-refractivity contribution in [2.45, 2.75) is 45.6 Å².